The van der Waals surface area contributed by atoms with E-state index in [1.165, 1.54) is 19.2 Å². The van der Waals surface area contributed by atoms with E-state index in [0.29, 0.717) is 23.4 Å². The smallest absolute Gasteiger partial charge is 0.274 e. The number of nitro benzene ring substituents is 1. The summed E-state index contributed by atoms with van der Waals surface area (Å²) in [5, 5.41) is 10.8. The highest BCUT2D eigenvalue weighted by molar-refractivity contribution is 9.10. The first-order valence-electron chi connectivity index (χ1n) is 5.48. The average Bonchev–Trinajstić information content (AvgIpc) is 2.38. The molecule has 1 heterocycles. The summed E-state index contributed by atoms with van der Waals surface area (Å²) >= 11 is 3.38. The molecule has 0 aliphatic carbocycles. The number of nitro groups is 1. The molecule has 0 unspecified atom stereocenters. The topological polar surface area (TPSA) is 64.8 Å². The Morgan fingerprint density at radius 1 is 1.44 bits per heavy atom. The van der Waals surface area contributed by atoms with Crippen molar-refractivity contribution in [1.29, 1.82) is 0 Å². The van der Waals surface area contributed by atoms with Gasteiger partial charge in [0.25, 0.3) is 5.69 Å². The molecule has 1 aliphatic heterocycles. The van der Waals surface area contributed by atoms with E-state index >= 15 is 0 Å². The molecular formula is C11H13BrN2O4. The van der Waals surface area contributed by atoms with E-state index in [9.17, 15) is 10.1 Å². The lowest BCUT2D eigenvalue weighted by Gasteiger charge is -2.30. The summed E-state index contributed by atoms with van der Waals surface area (Å²) in [6.45, 7) is 2.78. The Morgan fingerprint density at radius 2 is 2.11 bits per heavy atom. The van der Waals surface area contributed by atoms with E-state index < -0.39 is 4.92 Å². The van der Waals surface area contributed by atoms with Gasteiger partial charge < -0.3 is 14.4 Å². The fourth-order valence-electron chi connectivity index (χ4n) is 1.92. The van der Waals surface area contributed by atoms with Crippen LogP contribution in [0.5, 0.6) is 5.75 Å². The number of hydrogen-bond donors (Lipinski definition) is 0. The van der Waals surface area contributed by atoms with Crippen LogP contribution in [0, 0.1) is 10.1 Å². The Morgan fingerprint density at radius 3 is 2.67 bits per heavy atom. The van der Waals surface area contributed by atoms with Crippen LogP contribution >= 0.6 is 15.9 Å². The largest absolute Gasteiger partial charge is 0.494 e. The molecule has 1 aromatic carbocycles. The van der Waals surface area contributed by atoms with Crippen LogP contribution in [-0.2, 0) is 4.74 Å². The average molecular weight is 317 g/mol. The highest BCUT2D eigenvalue weighted by Gasteiger charge is 2.22. The zero-order valence-corrected chi connectivity index (χ0v) is 11.5. The van der Waals surface area contributed by atoms with Gasteiger partial charge in [0.05, 0.1) is 41.5 Å². The van der Waals surface area contributed by atoms with Crippen LogP contribution in [0.4, 0.5) is 11.4 Å². The normalized spacial score (nSPS) is 15.6. The first kappa shape index (κ1) is 13.1. The summed E-state index contributed by atoms with van der Waals surface area (Å²) in [5.41, 5.74) is 0.849. The van der Waals surface area contributed by atoms with E-state index in [1.807, 2.05) is 0 Å². The van der Waals surface area contributed by atoms with Gasteiger partial charge >= 0.3 is 0 Å². The van der Waals surface area contributed by atoms with Crippen LogP contribution in [-0.4, -0.2) is 38.3 Å². The van der Waals surface area contributed by atoms with Crippen LogP contribution in [0.3, 0.4) is 0 Å². The van der Waals surface area contributed by atoms with Crippen molar-refractivity contribution < 1.29 is 14.4 Å². The highest BCUT2D eigenvalue weighted by Crippen LogP contribution is 2.39. The molecule has 6 nitrogen and oxygen atoms in total. The molecule has 0 aromatic heterocycles. The summed E-state index contributed by atoms with van der Waals surface area (Å²) in [7, 11) is 1.51. The zero-order chi connectivity index (χ0) is 13.1. The first-order valence-corrected chi connectivity index (χ1v) is 6.27. The first-order chi connectivity index (χ1) is 8.63. The fourth-order valence-corrected chi connectivity index (χ4v) is 2.60. The van der Waals surface area contributed by atoms with Gasteiger partial charge in [0, 0.05) is 19.2 Å². The van der Waals surface area contributed by atoms with Gasteiger partial charge in [0.15, 0.2) is 0 Å². The molecule has 0 amide bonds. The van der Waals surface area contributed by atoms with E-state index in [4.69, 9.17) is 9.47 Å². The molecule has 1 fully saturated rings. The number of ether oxygens (including phenoxy) is 2. The van der Waals surface area contributed by atoms with Gasteiger partial charge in [-0.3, -0.25) is 10.1 Å². The Balaban J connectivity index is 2.42. The summed E-state index contributed by atoms with van der Waals surface area (Å²) in [6, 6.07) is 2.93. The van der Waals surface area contributed by atoms with E-state index in [1.54, 1.807) is 0 Å². The number of anilines is 1. The third-order valence-electron chi connectivity index (χ3n) is 2.77. The maximum Gasteiger partial charge on any atom is 0.274 e. The number of halogens is 1. The maximum atomic E-state index is 10.8. The number of rotatable bonds is 3. The molecular weight excluding hydrogens is 304 g/mol. The molecule has 1 aliphatic rings. The molecule has 0 atom stereocenters. The molecule has 2 rings (SSSR count). The Bertz CT molecular complexity index is 461. The molecule has 0 N–H and O–H groups in total. The predicted molar refractivity (Wildman–Crippen MR) is 70.4 cm³/mol. The standard InChI is InChI=1S/C11H13BrN2O4/c1-17-10-7-8(14(15)16)6-9(12)11(10)13-2-4-18-5-3-13/h6-7H,2-5H2,1H3. The van der Waals surface area contributed by atoms with Gasteiger partial charge in [-0.15, -0.1) is 0 Å². The van der Waals surface area contributed by atoms with Gasteiger partial charge in [-0.05, 0) is 15.9 Å². The van der Waals surface area contributed by atoms with Crippen LogP contribution in [0.25, 0.3) is 0 Å². The van der Waals surface area contributed by atoms with Crippen LogP contribution < -0.4 is 9.64 Å². The van der Waals surface area contributed by atoms with Crippen molar-refractivity contribution in [2.45, 2.75) is 0 Å². The number of benzene rings is 1. The highest BCUT2D eigenvalue weighted by atomic mass is 79.9. The van der Waals surface area contributed by atoms with Gasteiger partial charge in [0.2, 0.25) is 0 Å². The number of nitrogens with zero attached hydrogens (tertiary/aromatic N) is 2. The number of hydrogen-bond acceptors (Lipinski definition) is 5. The lowest BCUT2D eigenvalue weighted by Crippen LogP contribution is -2.36. The van der Waals surface area contributed by atoms with Crippen molar-refractivity contribution >= 4 is 27.3 Å². The van der Waals surface area contributed by atoms with E-state index in [0.717, 1.165) is 18.8 Å². The van der Waals surface area contributed by atoms with Crippen molar-refractivity contribution in [3.05, 3.63) is 26.7 Å². The van der Waals surface area contributed by atoms with Crippen molar-refractivity contribution in [2.24, 2.45) is 0 Å². The summed E-state index contributed by atoms with van der Waals surface area (Å²) in [4.78, 5) is 12.5. The summed E-state index contributed by atoms with van der Waals surface area (Å²) < 4.78 is 11.2. The third-order valence-corrected chi connectivity index (χ3v) is 3.38. The molecule has 0 bridgehead atoms. The number of morpholine rings is 1. The molecule has 0 radical (unpaired) electrons. The minimum Gasteiger partial charge on any atom is -0.494 e. The van der Waals surface area contributed by atoms with Crippen molar-refractivity contribution in [3.8, 4) is 5.75 Å². The minimum atomic E-state index is -0.434. The lowest BCUT2D eigenvalue weighted by molar-refractivity contribution is -0.385. The SMILES string of the molecule is COc1cc([N+](=O)[O-])cc(Br)c1N1CCOCC1. The van der Waals surface area contributed by atoms with Gasteiger partial charge in [-0.2, -0.15) is 0 Å². The molecule has 98 valence electrons. The third kappa shape index (κ3) is 2.56. The molecule has 1 saturated heterocycles. The monoisotopic (exact) mass is 316 g/mol. The minimum absolute atomic E-state index is 0.00994. The van der Waals surface area contributed by atoms with Crippen molar-refractivity contribution in [2.75, 3.05) is 38.3 Å². The second-order valence-corrected chi connectivity index (χ2v) is 4.69. The van der Waals surface area contributed by atoms with Gasteiger partial charge in [-0.1, -0.05) is 0 Å². The molecule has 1 aromatic rings. The second kappa shape index (κ2) is 5.53. The summed E-state index contributed by atoms with van der Waals surface area (Å²) in [5.74, 6) is 0.498. The second-order valence-electron chi connectivity index (χ2n) is 3.83. The predicted octanol–water partition coefficient (Wildman–Crippen LogP) is 2.20. The maximum absolute atomic E-state index is 10.8. The molecule has 18 heavy (non-hydrogen) atoms. The molecule has 7 heteroatoms. The summed E-state index contributed by atoms with van der Waals surface area (Å²) in [6.07, 6.45) is 0. The Hall–Kier alpha value is -1.34. The van der Waals surface area contributed by atoms with Crippen molar-refractivity contribution in [3.63, 3.8) is 0 Å². The van der Waals surface area contributed by atoms with Crippen LogP contribution in [0.2, 0.25) is 0 Å². The Labute approximate surface area is 113 Å². The van der Waals surface area contributed by atoms with Crippen LogP contribution in [0.1, 0.15) is 0 Å². The van der Waals surface area contributed by atoms with E-state index in [2.05, 4.69) is 20.8 Å². The number of non-ortho nitro benzene ring substituents is 1. The van der Waals surface area contributed by atoms with Crippen LogP contribution in [0.15, 0.2) is 16.6 Å². The Kier molecular flexibility index (Phi) is 4.03. The zero-order valence-electron chi connectivity index (χ0n) is 9.89. The number of methoxy groups -OCH3 is 1. The molecule has 0 saturated carbocycles. The van der Waals surface area contributed by atoms with Crippen molar-refractivity contribution in [1.82, 2.24) is 0 Å². The van der Waals surface area contributed by atoms with Gasteiger partial charge in [0.1, 0.15) is 5.75 Å². The quantitative estimate of drug-likeness (QED) is 0.632. The molecule has 0 spiro atoms. The van der Waals surface area contributed by atoms with E-state index in [-0.39, 0.29) is 5.69 Å². The lowest BCUT2D eigenvalue weighted by atomic mass is 10.2. The van der Waals surface area contributed by atoms with Gasteiger partial charge in [-0.25, -0.2) is 0 Å². The fraction of sp³-hybridized carbons (Fsp3) is 0.455.